The summed E-state index contributed by atoms with van der Waals surface area (Å²) in [4.78, 5) is 24.7. The Bertz CT molecular complexity index is 1170. The standard InChI is InChI=1S/C21H21F2N5O2/c1-27-19(12-18(25-27)15-7-6-14(22)11-16(15)23)21(30)24-8-9-28-20(29)10-13-4-2-3-5-17(13)26-28/h6-7,10-12H,2-5,8-9H2,1H3,(H,24,30). The number of fused-ring (bicyclic) bond motifs is 1. The second kappa shape index (κ2) is 8.17. The first-order valence-corrected chi connectivity index (χ1v) is 9.80. The van der Waals surface area contributed by atoms with Crippen molar-refractivity contribution >= 4 is 5.91 Å². The average molecular weight is 413 g/mol. The van der Waals surface area contributed by atoms with Crippen LogP contribution >= 0.6 is 0 Å². The highest BCUT2D eigenvalue weighted by Gasteiger charge is 2.17. The first kappa shape index (κ1) is 19.9. The van der Waals surface area contributed by atoms with Crippen molar-refractivity contribution in [2.45, 2.75) is 32.2 Å². The summed E-state index contributed by atoms with van der Waals surface area (Å²) in [7, 11) is 1.56. The summed E-state index contributed by atoms with van der Waals surface area (Å²) < 4.78 is 29.8. The number of benzene rings is 1. The van der Waals surface area contributed by atoms with Crippen LogP contribution < -0.4 is 10.9 Å². The van der Waals surface area contributed by atoms with Crippen molar-refractivity contribution in [1.82, 2.24) is 24.9 Å². The molecule has 0 radical (unpaired) electrons. The van der Waals surface area contributed by atoms with Crippen LogP contribution in [-0.4, -0.2) is 32.0 Å². The van der Waals surface area contributed by atoms with Crippen LogP contribution in [0.2, 0.25) is 0 Å². The Hall–Kier alpha value is -3.36. The van der Waals surface area contributed by atoms with E-state index in [1.54, 1.807) is 13.1 Å². The lowest BCUT2D eigenvalue weighted by molar-refractivity contribution is 0.0942. The van der Waals surface area contributed by atoms with Crippen LogP contribution in [0.15, 0.2) is 35.1 Å². The molecule has 2 aromatic heterocycles. The minimum absolute atomic E-state index is 0.107. The SMILES string of the molecule is Cn1nc(-c2ccc(F)cc2F)cc1C(=O)NCCn1nc2c(cc1=O)CCCC2. The summed E-state index contributed by atoms with van der Waals surface area (Å²) in [6.07, 6.45) is 3.88. The van der Waals surface area contributed by atoms with Crippen molar-refractivity contribution in [2.75, 3.05) is 6.54 Å². The summed E-state index contributed by atoms with van der Waals surface area (Å²) in [5.41, 5.74) is 2.34. The molecule has 9 heteroatoms. The van der Waals surface area contributed by atoms with E-state index in [1.807, 2.05) is 0 Å². The van der Waals surface area contributed by atoms with Gasteiger partial charge in [-0.3, -0.25) is 14.3 Å². The summed E-state index contributed by atoms with van der Waals surface area (Å²) in [6, 6.07) is 6.26. The highest BCUT2D eigenvalue weighted by atomic mass is 19.1. The fourth-order valence-corrected chi connectivity index (χ4v) is 3.64. The average Bonchev–Trinajstić information content (AvgIpc) is 3.09. The molecule has 1 amide bonds. The normalized spacial score (nSPS) is 13.2. The molecule has 4 rings (SSSR count). The third-order valence-electron chi connectivity index (χ3n) is 5.20. The van der Waals surface area contributed by atoms with Crippen molar-refractivity contribution in [1.29, 1.82) is 0 Å². The monoisotopic (exact) mass is 413 g/mol. The van der Waals surface area contributed by atoms with Crippen LogP contribution in [0.1, 0.15) is 34.6 Å². The maximum atomic E-state index is 14.0. The zero-order valence-corrected chi connectivity index (χ0v) is 16.5. The lowest BCUT2D eigenvalue weighted by atomic mass is 9.97. The van der Waals surface area contributed by atoms with E-state index in [2.05, 4.69) is 15.5 Å². The molecule has 0 saturated carbocycles. The number of rotatable bonds is 5. The molecule has 156 valence electrons. The number of aromatic nitrogens is 4. The molecule has 0 spiro atoms. The highest BCUT2D eigenvalue weighted by molar-refractivity contribution is 5.93. The molecule has 0 saturated heterocycles. The lowest BCUT2D eigenvalue weighted by Crippen LogP contribution is -2.33. The van der Waals surface area contributed by atoms with Crippen molar-refractivity contribution < 1.29 is 13.6 Å². The van der Waals surface area contributed by atoms with E-state index >= 15 is 0 Å². The molecule has 1 aliphatic carbocycles. The van der Waals surface area contributed by atoms with E-state index in [0.717, 1.165) is 49.1 Å². The van der Waals surface area contributed by atoms with Crippen LogP contribution in [0.5, 0.6) is 0 Å². The molecule has 0 aliphatic heterocycles. The zero-order valence-electron chi connectivity index (χ0n) is 16.5. The third-order valence-corrected chi connectivity index (χ3v) is 5.20. The predicted molar refractivity (Wildman–Crippen MR) is 106 cm³/mol. The van der Waals surface area contributed by atoms with Gasteiger partial charge in [-0.2, -0.15) is 10.2 Å². The number of amides is 1. The Morgan fingerprint density at radius 2 is 1.93 bits per heavy atom. The van der Waals surface area contributed by atoms with Crippen LogP contribution in [-0.2, 0) is 26.4 Å². The number of aryl methyl sites for hydroxylation is 3. The van der Waals surface area contributed by atoms with Gasteiger partial charge < -0.3 is 5.32 Å². The minimum atomic E-state index is -0.752. The number of hydrogen-bond acceptors (Lipinski definition) is 4. The molecular formula is C21H21F2N5O2. The fourth-order valence-electron chi connectivity index (χ4n) is 3.64. The Balaban J connectivity index is 1.44. The predicted octanol–water partition coefficient (Wildman–Crippen LogP) is 2.23. The van der Waals surface area contributed by atoms with Crippen LogP contribution in [0.4, 0.5) is 8.78 Å². The second-order valence-electron chi connectivity index (χ2n) is 7.30. The minimum Gasteiger partial charge on any atom is -0.349 e. The van der Waals surface area contributed by atoms with E-state index in [-0.39, 0.29) is 35.6 Å². The Morgan fingerprint density at radius 1 is 1.13 bits per heavy atom. The van der Waals surface area contributed by atoms with Gasteiger partial charge in [-0.05, 0) is 49.4 Å². The van der Waals surface area contributed by atoms with Gasteiger partial charge in [0.2, 0.25) is 0 Å². The Morgan fingerprint density at radius 3 is 2.73 bits per heavy atom. The maximum Gasteiger partial charge on any atom is 0.269 e. The van der Waals surface area contributed by atoms with Gasteiger partial charge in [0.15, 0.2) is 0 Å². The summed E-state index contributed by atoms with van der Waals surface area (Å²) in [5, 5.41) is 11.3. The molecule has 0 unspecified atom stereocenters. The van der Waals surface area contributed by atoms with E-state index in [1.165, 1.54) is 21.5 Å². The topological polar surface area (TPSA) is 81.8 Å². The van der Waals surface area contributed by atoms with Gasteiger partial charge in [0.05, 0.1) is 17.9 Å². The van der Waals surface area contributed by atoms with Gasteiger partial charge in [-0.15, -0.1) is 0 Å². The van der Waals surface area contributed by atoms with Crippen molar-refractivity contribution in [3.8, 4) is 11.3 Å². The van der Waals surface area contributed by atoms with E-state index in [9.17, 15) is 18.4 Å². The Labute approximate surface area is 171 Å². The fraction of sp³-hybridized carbons (Fsp3) is 0.333. The molecule has 1 aliphatic rings. The number of carbonyl (C=O) groups excluding carboxylic acids is 1. The lowest BCUT2D eigenvalue weighted by Gasteiger charge is -2.16. The number of halogens is 2. The molecule has 0 fully saturated rings. The number of nitrogens with one attached hydrogen (secondary N) is 1. The van der Waals surface area contributed by atoms with Gasteiger partial charge in [-0.25, -0.2) is 13.5 Å². The van der Waals surface area contributed by atoms with Crippen molar-refractivity contribution in [3.63, 3.8) is 0 Å². The number of carbonyl (C=O) groups is 1. The van der Waals surface area contributed by atoms with Crippen LogP contribution in [0.3, 0.4) is 0 Å². The smallest absolute Gasteiger partial charge is 0.269 e. The molecule has 0 bridgehead atoms. The first-order chi connectivity index (χ1) is 14.4. The largest absolute Gasteiger partial charge is 0.349 e. The van der Waals surface area contributed by atoms with Crippen molar-refractivity contribution in [3.05, 3.63) is 69.3 Å². The van der Waals surface area contributed by atoms with E-state index < -0.39 is 17.5 Å². The molecule has 30 heavy (non-hydrogen) atoms. The van der Waals surface area contributed by atoms with Gasteiger partial charge in [-0.1, -0.05) is 0 Å². The highest BCUT2D eigenvalue weighted by Crippen LogP contribution is 2.23. The van der Waals surface area contributed by atoms with Gasteiger partial charge >= 0.3 is 0 Å². The number of nitrogens with zero attached hydrogens (tertiary/aromatic N) is 4. The van der Waals surface area contributed by atoms with Crippen molar-refractivity contribution in [2.24, 2.45) is 7.05 Å². The van der Waals surface area contributed by atoms with E-state index in [4.69, 9.17) is 0 Å². The van der Waals surface area contributed by atoms with Gasteiger partial charge in [0.1, 0.15) is 17.3 Å². The quantitative estimate of drug-likeness (QED) is 0.696. The summed E-state index contributed by atoms with van der Waals surface area (Å²) in [6.45, 7) is 0.450. The van der Waals surface area contributed by atoms with Gasteiger partial charge in [0.25, 0.3) is 11.5 Å². The number of hydrogen-bond donors (Lipinski definition) is 1. The molecule has 2 heterocycles. The summed E-state index contributed by atoms with van der Waals surface area (Å²) >= 11 is 0. The molecule has 3 aromatic rings. The molecule has 1 aromatic carbocycles. The second-order valence-corrected chi connectivity index (χ2v) is 7.30. The molecule has 1 N–H and O–H groups in total. The van der Waals surface area contributed by atoms with E-state index in [0.29, 0.717) is 0 Å². The maximum absolute atomic E-state index is 14.0. The van der Waals surface area contributed by atoms with Gasteiger partial charge in [0, 0.05) is 31.3 Å². The summed E-state index contributed by atoms with van der Waals surface area (Å²) in [5.74, 6) is -1.85. The van der Waals surface area contributed by atoms with Crippen LogP contribution in [0, 0.1) is 11.6 Å². The molecule has 7 nitrogen and oxygen atoms in total. The first-order valence-electron chi connectivity index (χ1n) is 9.80. The molecular weight excluding hydrogens is 392 g/mol. The molecule has 0 atom stereocenters. The third kappa shape index (κ3) is 4.00. The Kier molecular flexibility index (Phi) is 5.43. The van der Waals surface area contributed by atoms with Crippen LogP contribution in [0.25, 0.3) is 11.3 Å². The zero-order chi connectivity index (χ0) is 21.3.